The smallest absolute Gasteiger partial charge is 0.0950 e. The van der Waals surface area contributed by atoms with Gasteiger partial charge in [0.05, 0.1) is 34.8 Å². The fourth-order valence-corrected chi connectivity index (χ4v) is 7.44. The number of hydrogen-bond donors (Lipinski definition) is 0. The van der Waals surface area contributed by atoms with Crippen LogP contribution in [0.15, 0.2) is 115 Å². The molecular formula is C37H34N4. The molecule has 4 aromatic carbocycles. The second-order valence-electron chi connectivity index (χ2n) is 11.7. The number of rotatable bonds is 4. The molecule has 1 aliphatic heterocycles. The van der Waals surface area contributed by atoms with Crippen LogP contribution in [0.3, 0.4) is 0 Å². The molecule has 0 N–H and O–H groups in total. The molecule has 1 aliphatic carbocycles. The molecule has 8 rings (SSSR count). The van der Waals surface area contributed by atoms with Gasteiger partial charge in [0.1, 0.15) is 0 Å². The van der Waals surface area contributed by atoms with Gasteiger partial charge in [0, 0.05) is 40.8 Å². The zero-order chi connectivity index (χ0) is 27.4. The summed E-state index contributed by atoms with van der Waals surface area (Å²) in [6, 6.07) is 40.2. The minimum atomic E-state index is -0.0384. The highest BCUT2D eigenvalue weighted by Gasteiger charge is 2.37. The van der Waals surface area contributed by atoms with E-state index in [1.54, 1.807) is 0 Å². The van der Waals surface area contributed by atoms with E-state index < -0.39 is 0 Å². The topological polar surface area (TPSA) is 24.3 Å². The summed E-state index contributed by atoms with van der Waals surface area (Å²) in [7, 11) is 2.17. The first kappa shape index (κ1) is 24.2. The van der Waals surface area contributed by atoms with Crippen LogP contribution in [0.2, 0.25) is 0 Å². The Balaban J connectivity index is 1.32. The molecule has 2 aromatic heterocycles. The highest BCUT2D eigenvalue weighted by Crippen LogP contribution is 2.46. The van der Waals surface area contributed by atoms with Crippen LogP contribution in [0.1, 0.15) is 43.4 Å². The second kappa shape index (κ2) is 9.52. The molecule has 2 aliphatic rings. The van der Waals surface area contributed by atoms with Crippen LogP contribution in [-0.2, 0) is 5.41 Å². The van der Waals surface area contributed by atoms with Crippen molar-refractivity contribution in [3.05, 3.63) is 127 Å². The third kappa shape index (κ3) is 3.77. The van der Waals surface area contributed by atoms with Crippen LogP contribution < -0.4 is 9.80 Å². The lowest BCUT2D eigenvalue weighted by atomic mass is 9.67. The summed E-state index contributed by atoms with van der Waals surface area (Å²) in [4.78, 5) is 9.65. The number of hydrogen-bond acceptors (Lipinski definition) is 3. The van der Waals surface area contributed by atoms with Crippen LogP contribution in [-0.4, -0.2) is 23.3 Å². The van der Waals surface area contributed by atoms with E-state index in [2.05, 4.69) is 125 Å². The predicted molar refractivity (Wildman–Crippen MR) is 171 cm³/mol. The molecule has 0 amide bonds. The van der Waals surface area contributed by atoms with Crippen molar-refractivity contribution in [2.75, 3.05) is 23.5 Å². The van der Waals surface area contributed by atoms with E-state index in [1.165, 1.54) is 75.1 Å². The van der Waals surface area contributed by atoms with Crippen molar-refractivity contribution in [3.63, 3.8) is 0 Å². The van der Waals surface area contributed by atoms with Crippen molar-refractivity contribution in [2.24, 2.45) is 0 Å². The van der Waals surface area contributed by atoms with Gasteiger partial charge >= 0.3 is 0 Å². The average Bonchev–Trinajstić information content (AvgIpc) is 3.56. The maximum atomic E-state index is 4.91. The summed E-state index contributed by atoms with van der Waals surface area (Å²) in [5, 5.41) is 2.57. The van der Waals surface area contributed by atoms with Crippen LogP contribution in [0.5, 0.6) is 0 Å². The Morgan fingerprint density at radius 2 is 1.41 bits per heavy atom. The summed E-state index contributed by atoms with van der Waals surface area (Å²) in [5.74, 6) is 0. The number of aromatic nitrogens is 2. The molecule has 0 bridgehead atoms. The van der Waals surface area contributed by atoms with E-state index in [4.69, 9.17) is 4.98 Å². The quantitative estimate of drug-likeness (QED) is 0.226. The van der Waals surface area contributed by atoms with Gasteiger partial charge in [-0.1, -0.05) is 73.9 Å². The standard InChI is InChI=1S/C37H34N4/c1-39-26-40(34-17-6-5-16-33(34)39)28-19-20-31-30-14-3-4-15-32(30)41(35(31)25-28)29-13-11-12-27(24-29)37(21-8-2-9-22-37)36-18-7-10-23-38-36/h3-7,10-20,23-25H,2,8-9,21-22,26H2,1H3. The third-order valence-electron chi connectivity index (χ3n) is 9.43. The number of pyridine rings is 1. The number of anilines is 3. The highest BCUT2D eigenvalue weighted by atomic mass is 15.4. The van der Waals surface area contributed by atoms with Crippen molar-refractivity contribution in [1.82, 2.24) is 9.55 Å². The van der Waals surface area contributed by atoms with Crippen LogP contribution in [0, 0.1) is 0 Å². The Morgan fingerprint density at radius 1 is 0.634 bits per heavy atom. The fourth-order valence-electron chi connectivity index (χ4n) is 7.44. The van der Waals surface area contributed by atoms with Crippen molar-refractivity contribution in [1.29, 1.82) is 0 Å². The molecule has 1 saturated carbocycles. The Kier molecular flexibility index (Phi) is 5.63. The van der Waals surface area contributed by atoms with Crippen LogP contribution in [0.4, 0.5) is 17.1 Å². The summed E-state index contributed by atoms with van der Waals surface area (Å²) < 4.78 is 2.47. The first-order valence-electron chi connectivity index (χ1n) is 14.9. The first-order chi connectivity index (χ1) is 20.2. The van der Waals surface area contributed by atoms with Gasteiger partial charge in [0.25, 0.3) is 0 Å². The van der Waals surface area contributed by atoms with E-state index in [9.17, 15) is 0 Å². The number of nitrogens with zero attached hydrogens (tertiary/aromatic N) is 4. The normalized spacial score (nSPS) is 16.4. The summed E-state index contributed by atoms with van der Waals surface area (Å²) >= 11 is 0. The molecule has 0 unspecified atom stereocenters. The van der Waals surface area contributed by atoms with Gasteiger partial charge in [-0.15, -0.1) is 0 Å². The molecule has 0 atom stereocenters. The minimum absolute atomic E-state index is 0.0384. The van der Waals surface area contributed by atoms with Crippen molar-refractivity contribution < 1.29 is 0 Å². The monoisotopic (exact) mass is 534 g/mol. The minimum Gasteiger partial charge on any atom is -0.355 e. The van der Waals surface area contributed by atoms with Gasteiger partial charge in [0.15, 0.2) is 0 Å². The molecule has 4 nitrogen and oxygen atoms in total. The van der Waals surface area contributed by atoms with Crippen LogP contribution >= 0.6 is 0 Å². The van der Waals surface area contributed by atoms with Gasteiger partial charge in [0.2, 0.25) is 0 Å². The maximum absolute atomic E-state index is 4.91. The van der Waals surface area contributed by atoms with Gasteiger partial charge < -0.3 is 14.4 Å². The van der Waals surface area contributed by atoms with E-state index in [1.807, 2.05) is 12.3 Å². The summed E-state index contributed by atoms with van der Waals surface area (Å²) in [6.07, 6.45) is 8.03. The van der Waals surface area contributed by atoms with Crippen molar-refractivity contribution in [2.45, 2.75) is 37.5 Å². The summed E-state index contributed by atoms with van der Waals surface area (Å²) in [6.45, 7) is 0.840. The number of para-hydroxylation sites is 3. The van der Waals surface area contributed by atoms with Gasteiger partial charge in [-0.05, 0) is 73.0 Å². The van der Waals surface area contributed by atoms with Gasteiger partial charge in [-0.3, -0.25) is 4.98 Å². The van der Waals surface area contributed by atoms with Crippen molar-refractivity contribution >= 4 is 38.9 Å². The average molecular weight is 535 g/mol. The summed E-state index contributed by atoms with van der Waals surface area (Å²) in [5.41, 5.74) is 9.99. The predicted octanol–water partition coefficient (Wildman–Crippen LogP) is 8.97. The molecule has 0 saturated heterocycles. The molecule has 41 heavy (non-hydrogen) atoms. The fraction of sp³-hybridized carbons (Fsp3) is 0.216. The molecule has 202 valence electrons. The number of fused-ring (bicyclic) bond motifs is 4. The zero-order valence-corrected chi connectivity index (χ0v) is 23.5. The third-order valence-corrected chi connectivity index (χ3v) is 9.43. The largest absolute Gasteiger partial charge is 0.355 e. The Hall–Kier alpha value is -4.57. The Morgan fingerprint density at radius 3 is 2.27 bits per heavy atom. The van der Waals surface area contributed by atoms with E-state index in [-0.39, 0.29) is 5.41 Å². The lowest BCUT2D eigenvalue weighted by molar-refractivity contribution is 0.338. The molecular weight excluding hydrogens is 500 g/mol. The molecule has 3 heterocycles. The lowest BCUT2D eigenvalue weighted by Crippen LogP contribution is -2.31. The molecule has 4 heteroatoms. The first-order valence-corrected chi connectivity index (χ1v) is 14.9. The molecule has 6 aromatic rings. The van der Waals surface area contributed by atoms with Crippen LogP contribution in [0.25, 0.3) is 27.5 Å². The molecule has 0 spiro atoms. The highest BCUT2D eigenvalue weighted by molar-refractivity contribution is 6.10. The Bertz CT molecular complexity index is 1880. The second-order valence-corrected chi connectivity index (χ2v) is 11.7. The molecule has 1 fully saturated rings. The van der Waals surface area contributed by atoms with E-state index in [0.29, 0.717) is 0 Å². The van der Waals surface area contributed by atoms with E-state index >= 15 is 0 Å². The van der Waals surface area contributed by atoms with Gasteiger partial charge in [-0.25, -0.2) is 0 Å². The Labute approximate surface area is 241 Å². The van der Waals surface area contributed by atoms with E-state index in [0.717, 1.165) is 19.5 Å². The number of benzene rings is 4. The van der Waals surface area contributed by atoms with Crippen molar-refractivity contribution in [3.8, 4) is 5.69 Å². The maximum Gasteiger partial charge on any atom is 0.0950 e. The molecule has 0 radical (unpaired) electrons. The van der Waals surface area contributed by atoms with Gasteiger partial charge in [-0.2, -0.15) is 0 Å². The SMILES string of the molecule is CN1CN(c2ccc3c4ccccc4n(-c4cccc(C5(c6ccccn6)CCCCC5)c4)c3c2)c2ccccc21. The zero-order valence-electron chi connectivity index (χ0n) is 23.5. The lowest BCUT2D eigenvalue weighted by Gasteiger charge is -2.37.